The van der Waals surface area contributed by atoms with Crippen LogP contribution < -0.4 is 14.2 Å². The smallest absolute Gasteiger partial charge is 0.134 e. The molecule has 0 radical (unpaired) electrons. The number of hydrogen-bond acceptors (Lipinski definition) is 3. The topological polar surface area (TPSA) is 27.7 Å². The fraction of sp³-hybridized carbons (Fsp3) is 0.200. The summed E-state index contributed by atoms with van der Waals surface area (Å²) in [5, 5.41) is 0. The summed E-state index contributed by atoms with van der Waals surface area (Å²) < 4.78 is 29.6. The minimum absolute atomic E-state index is 0.0309. The van der Waals surface area contributed by atoms with Crippen molar-refractivity contribution in [3.05, 3.63) is 47.8 Å². The van der Waals surface area contributed by atoms with Crippen molar-refractivity contribution in [2.24, 2.45) is 0 Å². The highest BCUT2D eigenvalue weighted by molar-refractivity contribution is 6.17. The van der Waals surface area contributed by atoms with Crippen LogP contribution in [0.4, 0.5) is 4.39 Å². The van der Waals surface area contributed by atoms with Crippen LogP contribution in [-0.4, -0.2) is 14.2 Å². The average molecular weight is 297 g/mol. The standard InChI is InChI=1S/C15H14ClFO3/c1-18-10-6-11(19-2)8-12(7-10)20-15-5-3-4-14(17)13(15)9-16/h3-8H,9H2,1-2H3. The molecule has 0 heterocycles. The molecule has 0 aliphatic carbocycles. The highest BCUT2D eigenvalue weighted by Crippen LogP contribution is 2.33. The normalized spacial score (nSPS) is 10.2. The van der Waals surface area contributed by atoms with Gasteiger partial charge in [0.25, 0.3) is 0 Å². The van der Waals surface area contributed by atoms with E-state index in [-0.39, 0.29) is 5.88 Å². The van der Waals surface area contributed by atoms with Crippen LogP contribution in [0.2, 0.25) is 0 Å². The maximum absolute atomic E-state index is 13.6. The second-order valence-electron chi connectivity index (χ2n) is 4.00. The second-order valence-corrected chi connectivity index (χ2v) is 4.27. The predicted molar refractivity (Wildman–Crippen MR) is 75.6 cm³/mol. The Hall–Kier alpha value is -1.94. The highest BCUT2D eigenvalue weighted by Gasteiger charge is 2.11. The molecule has 106 valence electrons. The predicted octanol–water partition coefficient (Wildman–Crippen LogP) is 4.37. The first kappa shape index (κ1) is 14.5. The Morgan fingerprint density at radius 3 is 2.15 bits per heavy atom. The van der Waals surface area contributed by atoms with E-state index in [0.717, 1.165) is 0 Å². The summed E-state index contributed by atoms with van der Waals surface area (Å²) in [4.78, 5) is 0. The zero-order valence-electron chi connectivity index (χ0n) is 11.2. The molecule has 2 aromatic rings. The molecule has 2 rings (SSSR count). The van der Waals surface area contributed by atoms with Crippen LogP contribution in [0.25, 0.3) is 0 Å². The Bertz CT molecular complexity index is 579. The maximum Gasteiger partial charge on any atom is 0.134 e. The largest absolute Gasteiger partial charge is 0.496 e. The molecule has 0 unspecified atom stereocenters. The minimum atomic E-state index is -0.396. The van der Waals surface area contributed by atoms with E-state index in [0.29, 0.717) is 28.6 Å². The molecule has 0 saturated carbocycles. The molecule has 0 amide bonds. The quantitative estimate of drug-likeness (QED) is 0.767. The van der Waals surface area contributed by atoms with Gasteiger partial charge in [-0.15, -0.1) is 11.6 Å². The van der Waals surface area contributed by atoms with Crippen LogP contribution >= 0.6 is 11.6 Å². The summed E-state index contributed by atoms with van der Waals surface area (Å²) in [7, 11) is 3.09. The van der Waals surface area contributed by atoms with Crippen LogP contribution in [-0.2, 0) is 5.88 Å². The Kier molecular flexibility index (Phi) is 4.69. The van der Waals surface area contributed by atoms with Crippen molar-refractivity contribution in [1.29, 1.82) is 0 Å². The van der Waals surface area contributed by atoms with Crippen molar-refractivity contribution >= 4 is 11.6 Å². The summed E-state index contributed by atoms with van der Waals surface area (Å²) in [6.45, 7) is 0. The fourth-order valence-electron chi connectivity index (χ4n) is 1.73. The highest BCUT2D eigenvalue weighted by atomic mass is 35.5. The minimum Gasteiger partial charge on any atom is -0.496 e. The van der Waals surface area contributed by atoms with Crippen LogP contribution in [0.15, 0.2) is 36.4 Å². The number of halogens is 2. The van der Waals surface area contributed by atoms with Crippen molar-refractivity contribution in [2.45, 2.75) is 5.88 Å². The summed E-state index contributed by atoms with van der Waals surface area (Å²) in [5.74, 6) is 1.66. The molecule has 20 heavy (non-hydrogen) atoms. The molecule has 0 atom stereocenters. The Morgan fingerprint density at radius 1 is 1.00 bits per heavy atom. The molecule has 0 spiro atoms. The molecule has 2 aromatic carbocycles. The van der Waals surface area contributed by atoms with E-state index >= 15 is 0 Å². The van der Waals surface area contributed by atoms with E-state index in [1.807, 2.05) is 0 Å². The van der Waals surface area contributed by atoms with Crippen molar-refractivity contribution in [2.75, 3.05) is 14.2 Å². The summed E-state index contributed by atoms with van der Waals surface area (Å²) >= 11 is 5.75. The van der Waals surface area contributed by atoms with Gasteiger partial charge in [-0.2, -0.15) is 0 Å². The first-order valence-corrected chi connectivity index (χ1v) is 6.45. The summed E-state index contributed by atoms with van der Waals surface area (Å²) in [5.41, 5.74) is 0.316. The van der Waals surface area contributed by atoms with Gasteiger partial charge in [-0.1, -0.05) is 6.07 Å². The zero-order chi connectivity index (χ0) is 14.5. The SMILES string of the molecule is COc1cc(OC)cc(Oc2cccc(F)c2CCl)c1. The van der Waals surface area contributed by atoms with Crippen molar-refractivity contribution in [3.8, 4) is 23.0 Å². The summed E-state index contributed by atoms with van der Waals surface area (Å²) in [6.07, 6.45) is 0. The molecule has 0 aliphatic rings. The molecular weight excluding hydrogens is 283 g/mol. The van der Waals surface area contributed by atoms with Gasteiger partial charge < -0.3 is 14.2 Å². The molecule has 0 aliphatic heterocycles. The van der Waals surface area contributed by atoms with E-state index in [2.05, 4.69) is 0 Å². The van der Waals surface area contributed by atoms with Crippen molar-refractivity contribution in [1.82, 2.24) is 0 Å². The fourth-order valence-corrected chi connectivity index (χ4v) is 1.99. The zero-order valence-corrected chi connectivity index (χ0v) is 11.9. The van der Waals surface area contributed by atoms with E-state index in [1.54, 1.807) is 44.6 Å². The number of alkyl halides is 1. The van der Waals surface area contributed by atoms with Gasteiger partial charge in [0.1, 0.15) is 28.8 Å². The molecule has 0 fully saturated rings. The Morgan fingerprint density at radius 2 is 1.60 bits per heavy atom. The average Bonchev–Trinajstić information content (AvgIpc) is 2.47. The number of benzene rings is 2. The maximum atomic E-state index is 13.6. The molecule has 0 bridgehead atoms. The molecule has 0 aromatic heterocycles. The number of ether oxygens (including phenoxy) is 3. The third-order valence-electron chi connectivity index (χ3n) is 2.76. The third kappa shape index (κ3) is 3.14. The number of rotatable bonds is 5. The van der Waals surface area contributed by atoms with Gasteiger partial charge in [-0.05, 0) is 12.1 Å². The first-order chi connectivity index (χ1) is 9.67. The lowest BCUT2D eigenvalue weighted by molar-refractivity contribution is 0.386. The molecule has 0 saturated heterocycles. The molecular formula is C15H14ClFO3. The molecule has 5 heteroatoms. The second kappa shape index (κ2) is 6.48. The molecule has 3 nitrogen and oxygen atoms in total. The van der Waals surface area contributed by atoms with Crippen molar-refractivity contribution in [3.63, 3.8) is 0 Å². The van der Waals surface area contributed by atoms with Gasteiger partial charge in [0.2, 0.25) is 0 Å². The van der Waals surface area contributed by atoms with Crippen LogP contribution in [0.1, 0.15) is 5.56 Å². The lowest BCUT2D eigenvalue weighted by Crippen LogP contribution is -1.94. The van der Waals surface area contributed by atoms with Gasteiger partial charge >= 0.3 is 0 Å². The van der Waals surface area contributed by atoms with Gasteiger partial charge in [0.05, 0.1) is 20.1 Å². The first-order valence-electron chi connectivity index (χ1n) is 5.92. The monoisotopic (exact) mass is 296 g/mol. The van der Waals surface area contributed by atoms with Crippen LogP contribution in [0, 0.1) is 5.82 Å². The van der Waals surface area contributed by atoms with E-state index < -0.39 is 5.82 Å². The number of hydrogen-bond donors (Lipinski definition) is 0. The van der Waals surface area contributed by atoms with E-state index in [9.17, 15) is 4.39 Å². The third-order valence-corrected chi connectivity index (χ3v) is 3.03. The van der Waals surface area contributed by atoms with E-state index in [1.165, 1.54) is 6.07 Å². The Labute approximate surface area is 121 Å². The van der Waals surface area contributed by atoms with Crippen LogP contribution in [0.5, 0.6) is 23.0 Å². The van der Waals surface area contributed by atoms with Gasteiger partial charge in [0, 0.05) is 23.8 Å². The van der Waals surface area contributed by atoms with E-state index in [4.69, 9.17) is 25.8 Å². The lowest BCUT2D eigenvalue weighted by atomic mass is 10.2. The lowest BCUT2D eigenvalue weighted by Gasteiger charge is -2.12. The Balaban J connectivity index is 2.37. The van der Waals surface area contributed by atoms with Crippen molar-refractivity contribution < 1.29 is 18.6 Å². The summed E-state index contributed by atoms with van der Waals surface area (Å²) in [6, 6.07) is 9.67. The van der Waals surface area contributed by atoms with Gasteiger partial charge in [-0.3, -0.25) is 0 Å². The number of methoxy groups -OCH3 is 2. The van der Waals surface area contributed by atoms with Gasteiger partial charge in [0.15, 0.2) is 0 Å². The molecule has 0 N–H and O–H groups in total. The van der Waals surface area contributed by atoms with Crippen LogP contribution in [0.3, 0.4) is 0 Å². The van der Waals surface area contributed by atoms with Gasteiger partial charge in [-0.25, -0.2) is 4.39 Å².